The van der Waals surface area contributed by atoms with E-state index in [4.69, 9.17) is 9.47 Å². The Morgan fingerprint density at radius 1 is 0.886 bits per heavy atom. The third-order valence-electron chi connectivity index (χ3n) is 5.97. The molecule has 7 nitrogen and oxygen atoms in total. The highest BCUT2D eigenvalue weighted by molar-refractivity contribution is 6.07. The highest BCUT2D eigenvalue weighted by Gasteiger charge is 2.25. The standard InChI is InChI=1S/C28H33N3O4/c1-28(2,3)35-27(33)29-25-19-21-9-6-5-8-20(21)18-24(25)26(32)31-15-7-14-30(16-17-31)22-10-12-23(34-4)13-11-22/h5-6,8-13,18-19H,7,14-17H2,1-4H3,(H,29,33). The molecule has 0 aromatic heterocycles. The number of carbonyl (C=O) groups is 2. The van der Waals surface area contributed by atoms with Gasteiger partial charge in [-0.05, 0) is 74.4 Å². The minimum absolute atomic E-state index is 0.0987. The van der Waals surface area contributed by atoms with Crippen molar-refractivity contribution in [3.63, 3.8) is 0 Å². The van der Waals surface area contributed by atoms with Crippen molar-refractivity contribution in [3.8, 4) is 5.75 Å². The van der Waals surface area contributed by atoms with E-state index in [2.05, 4.69) is 10.2 Å². The molecular formula is C28H33N3O4. The molecule has 1 heterocycles. The molecule has 7 heteroatoms. The maximum absolute atomic E-state index is 13.7. The summed E-state index contributed by atoms with van der Waals surface area (Å²) < 4.78 is 10.7. The first kappa shape index (κ1) is 24.4. The van der Waals surface area contributed by atoms with Crippen LogP contribution in [0.2, 0.25) is 0 Å². The number of ether oxygens (including phenoxy) is 2. The lowest BCUT2D eigenvalue weighted by Gasteiger charge is -2.25. The predicted octanol–water partition coefficient (Wildman–Crippen LogP) is 5.55. The van der Waals surface area contributed by atoms with Crippen LogP contribution in [0.15, 0.2) is 60.7 Å². The van der Waals surface area contributed by atoms with Crippen molar-refractivity contribution in [2.24, 2.45) is 0 Å². The third-order valence-corrected chi connectivity index (χ3v) is 5.97. The Balaban J connectivity index is 1.56. The SMILES string of the molecule is COc1ccc(N2CCCN(C(=O)c3cc4ccccc4cc3NC(=O)OC(C)(C)C)CC2)cc1. The molecule has 184 valence electrons. The number of nitrogens with zero attached hydrogens (tertiary/aromatic N) is 2. The number of hydrogen-bond donors (Lipinski definition) is 1. The second-order valence-corrected chi connectivity index (χ2v) is 9.70. The first-order chi connectivity index (χ1) is 16.7. The normalized spacial score (nSPS) is 14.4. The van der Waals surface area contributed by atoms with Crippen LogP contribution in [0.4, 0.5) is 16.2 Å². The molecule has 0 atom stereocenters. The molecule has 4 rings (SSSR count). The minimum atomic E-state index is -0.638. The van der Waals surface area contributed by atoms with E-state index in [0.717, 1.165) is 41.7 Å². The van der Waals surface area contributed by atoms with Crippen LogP contribution in [0.3, 0.4) is 0 Å². The van der Waals surface area contributed by atoms with Gasteiger partial charge < -0.3 is 19.3 Å². The molecule has 2 amide bonds. The van der Waals surface area contributed by atoms with Gasteiger partial charge >= 0.3 is 6.09 Å². The molecule has 35 heavy (non-hydrogen) atoms. The molecule has 0 spiro atoms. The predicted molar refractivity (Wildman–Crippen MR) is 140 cm³/mol. The first-order valence-corrected chi connectivity index (χ1v) is 11.9. The van der Waals surface area contributed by atoms with Crippen molar-refractivity contribution >= 4 is 34.1 Å². The highest BCUT2D eigenvalue weighted by atomic mass is 16.6. The average molecular weight is 476 g/mol. The average Bonchev–Trinajstić information content (AvgIpc) is 3.08. The van der Waals surface area contributed by atoms with Gasteiger partial charge in [-0.15, -0.1) is 0 Å². The number of hydrogen-bond acceptors (Lipinski definition) is 5. The zero-order valence-electron chi connectivity index (χ0n) is 20.8. The van der Waals surface area contributed by atoms with E-state index >= 15 is 0 Å². The number of rotatable bonds is 4. The van der Waals surface area contributed by atoms with Gasteiger partial charge in [0.25, 0.3) is 5.91 Å². The van der Waals surface area contributed by atoms with Crippen molar-refractivity contribution in [2.45, 2.75) is 32.8 Å². The van der Waals surface area contributed by atoms with E-state index in [-0.39, 0.29) is 5.91 Å². The van der Waals surface area contributed by atoms with Gasteiger partial charge in [0.05, 0.1) is 18.4 Å². The quantitative estimate of drug-likeness (QED) is 0.536. The molecule has 1 aliphatic rings. The van der Waals surface area contributed by atoms with Gasteiger partial charge in [0, 0.05) is 31.9 Å². The van der Waals surface area contributed by atoms with Gasteiger partial charge in [-0.3, -0.25) is 10.1 Å². The Kier molecular flexibility index (Phi) is 7.15. The number of carbonyl (C=O) groups excluding carboxylic acids is 2. The fourth-order valence-corrected chi connectivity index (χ4v) is 4.28. The van der Waals surface area contributed by atoms with Crippen molar-refractivity contribution in [1.82, 2.24) is 4.90 Å². The van der Waals surface area contributed by atoms with Crippen LogP contribution < -0.4 is 15.0 Å². The number of methoxy groups -OCH3 is 1. The number of amides is 2. The van der Waals surface area contributed by atoms with Crippen LogP contribution in [0.25, 0.3) is 10.8 Å². The van der Waals surface area contributed by atoms with Crippen LogP contribution in [0.1, 0.15) is 37.6 Å². The second-order valence-electron chi connectivity index (χ2n) is 9.70. The van der Waals surface area contributed by atoms with E-state index in [1.54, 1.807) is 7.11 Å². The molecule has 0 saturated carbocycles. The van der Waals surface area contributed by atoms with Gasteiger partial charge in [0.1, 0.15) is 11.4 Å². The van der Waals surface area contributed by atoms with Gasteiger partial charge in [-0.2, -0.15) is 0 Å². The zero-order chi connectivity index (χ0) is 25.0. The Morgan fingerprint density at radius 3 is 2.23 bits per heavy atom. The summed E-state index contributed by atoms with van der Waals surface area (Å²) >= 11 is 0. The minimum Gasteiger partial charge on any atom is -0.497 e. The molecule has 1 aliphatic heterocycles. The third kappa shape index (κ3) is 6.04. The van der Waals surface area contributed by atoms with Gasteiger partial charge in [0.15, 0.2) is 0 Å². The monoisotopic (exact) mass is 475 g/mol. The van der Waals surface area contributed by atoms with Crippen molar-refractivity contribution in [3.05, 3.63) is 66.2 Å². The van der Waals surface area contributed by atoms with E-state index in [9.17, 15) is 9.59 Å². The maximum atomic E-state index is 13.7. The molecule has 0 radical (unpaired) electrons. The molecule has 3 aromatic rings. The van der Waals surface area contributed by atoms with Crippen LogP contribution >= 0.6 is 0 Å². The summed E-state index contributed by atoms with van der Waals surface area (Å²) in [7, 11) is 1.66. The number of fused-ring (bicyclic) bond motifs is 1. The summed E-state index contributed by atoms with van der Waals surface area (Å²) in [4.78, 5) is 30.4. The topological polar surface area (TPSA) is 71.1 Å². The Hall–Kier alpha value is -3.74. The van der Waals surface area contributed by atoms with Crippen LogP contribution in [-0.4, -0.2) is 55.8 Å². The number of anilines is 2. The fraction of sp³-hybridized carbons (Fsp3) is 0.357. The molecule has 1 saturated heterocycles. The summed E-state index contributed by atoms with van der Waals surface area (Å²) in [6, 6.07) is 19.5. The Bertz CT molecular complexity index is 1200. The smallest absolute Gasteiger partial charge is 0.412 e. The largest absolute Gasteiger partial charge is 0.497 e. The summed E-state index contributed by atoms with van der Waals surface area (Å²) in [5.74, 6) is 0.722. The van der Waals surface area contributed by atoms with Crippen LogP contribution in [0, 0.1) is 0 Å². The molecule has 0 bridgehead atoms. The summed E-state index contributed by atoms with van der Waals surface area (Å²) in [5.41, 5.74) is 1.39. The fourth-order valence-electron chi connectivity index (χ4n) is 4.28. The highest BCUT2D eigenvalue weighted by Crippen LogP contribution is 2.27. The van der Waals surface area contributed by atoms with Crippen molar-refractivity contribution in [2.75, 3.05) is 43.5 Å². The van der Waals surface area contributed by atoms with Crippen LogP contribution in [0.5, 0.6) is 5.75 Å². The van der Waals surface area contributed by atoms with Gasteiger partial charge in [0.2, 0.25) is 0 Å². The van der Waals surface area contributed by atoms with Crippen LogP contribution in [-0.2, 0) is 4.74 Å². The molecule has 0 aliphatic carbocycles. The summed E-state index contributed by atoms with van der Waals surface area (Å²) in [6.07, 6.45) is 0.267. The summed E-state index contributed by atoms with van der Waals surface area (Å²) in [6.45, 7) is 8.24. The zero-order valence-corrected chi connectivity index (χ0v) is 20.8. The molecular weight excluding hydrogens is 442 g/mol. The number of benzene rings is 3. The molecule has 1 N–H and O–H groups in total. The maximum Gasteiger partial charge on any atom is 0.412 e. The summed E-state index contributed by atoms with van der Waals surface area (Å²) in [5, 5.41) is 4.70. The van der Waals surface area contributed by atoms with Crippen molar-refractivity contribution < 1.29 is 19.1 Å². The Labute approximate surface area is 206 Å². The lowest BCUT2D eigenvalue weighted by molar-refractivity contribution is 0.0636. The van der Waals surface area contributed by atoms with E-state index < -0.39 is 11.7 Å². The van der Waals surface area contributed by atoms with Gasteiger partial charge in [-0.1, -0.05) is 24.3 Å². The van der Waals surface area contributed by atoms with Gasteiger partial charge in [-0.25, -0.2) is 4.79 Å². The van der Waals surface area contributed by atoms with E-state index in [0.29, 0.717) is 24.3 Å². The Morgan fingerprint density at radius 2 is 1.57 bits per heavy atom. The van der Waals surface area contributed by atoms with E-state index in [1.807, 2.05) is 86.3 Å². The first-order valence-electron chi connectivity index (χ1n) is 11.9. The number of nitrogens with one attached hydrogen (secondary N) is 1. The molecule has 3 aromatic carbocycles. The molecule has 0 unspecified atom stereocenters. The second kappa shape index (κ2) is 10.3. The van der Waals surface area contributed by atoms with E-state index in [1.165, 1.54) is 0 Å². The lowest BCUT2D eigenvalue weighted by Crippen LogP contribution is -2.36. The lowest BCUT2D eigenvalue weighted by atomic mass is 10.0. The molecule has 1 fully saturated rings. The van der Waals surface area contributed by atoms with Crippen molar-refractivity contribution in [1.29, 1.82) is 0 Å².